The summed E-state index contributed by atoms with van der Waals surface area (Å²) in [6.07, 6.45) is 2.87. The summed E-state index contributed by atoms with van der Waals surface area (Å²) in [6.45, 7) is 0. The summed E-state index contributed by atoms with van der Waals surface area (Å²) in [5, 5.41) is 0. The van der Waals surface area contributed by atoms with Crippen molar-refractivity contribution in [3.63, 3.8) is 0 Å². The van der Waals surface area contributed by atoms with E-state index in [9.17, 15) is 8.78 Å². The zero-order chi connectivity index (χ0) is 11.0. The molecule has 1 heterocycles. The number of halogens is 3. The van der Waals surface area contributed by atoms with Gasteiger partial charge in [-0.1, -0.05) is 0 Å². The standard InChI is InChI=1S/C9H6BrF2N3/c10-5-3-7(12)8(4-6(5)11)15-2-1-14-9(15)13/h1-4H,(H2,13,14). The Bertz CT molecular complexity index is 510. The molecule has 2 N–H and O–H groups in total. The fraction of sp³-hybridized carbons (Fsp3) is 0. The highest BCUT2D eigenvalue weighted by Gasteiger charge is 2.11. The second-order valence-corrected chi connectivity index (χ2v) is 3.73. The number of nitrogens with two attached hydrogens (primary N) is 1. The Morgan fingerprint density at radius 3 is 2.60 bits per heavy atom. The van der Waals surface area contributed by atoms with Crippen LogP contribution in [0.25, 0.3) is 5.69 Å². The molecule has 0 amide bonds. The molecular formula is C9H6BrF2N3. The van der Waals surface area contributed by atoms with Gasteiger partial charge >= 0.3 is 0 Å². The molecule has 0 aliphatic heterocycles. The van der Waals surface area contributed by atoms with Crippen molar-refractivity contribution in [1.29, 1.82) is 0 Å². The molecule has 0 radical (unpaired) electrons. The number of aromatic nitrogens is 2. The second kappa shape index (κ2) is 3.62. The Morgan fingerprint density at radius 2 is 2.00 bits per heavy atom. The van der Waals surface area contributed by atoms with Crippen LogP contribution in [0, 0.1) is 11.6 Å². The van der Waals surface area contributed by atoms with Crippen LogP contribution in [0.4, 0.5) is 14.7 Å². The SMILES string of the molecule is Nc1nccn1-c1cc(F)c(Br)cc1F. The van der Waals surface area contributed by atoms with E-state index in [0.717, 1.165) is 12.1 Å². The molecule has 0 unspecified atom stereocenters. The minimum absolute atomic E-state index is 0.0331. The molecule has 0 saturated heterocycles. The van der Waals surface area contributed by atoms with Crippen molar-refractivity contribution >= 4 is 21.9 Å². The normalized spacial score (nSPS) is 10.6. The van der Waals surface area contributed by atoms with Crippen molar-refractivity contribution in [2.45, 2.75) is 0 Å². The summed E-state index contributed by atoms with van der Waals surface area (Å²) in [7, 11) is 0. The molecule has 0 bridgehead atoms. The van der Waals surface area contributed by atoms with Crippen LogP contribution in [-0.4, -0.2) is 9.55 Å². The van der Waals surface area contributed by atoms with Gasteiger partial charge in [0, 0.05) is 18.5 Å². The van der Waals surface area contributed by atoms with E-state index in [-0.39, 0.29) is 16.1 Å². The lowest BCUT2D eigenvalue weighted by atomic mass is 10.3. The van der Waals surface area contributed by atoms with Gasteiger partial charge in [-0.25, -0.2) is 13.8 Å². The Labute approximate surface area is 92.7 Å². The summed E-state index contributed by atoms with van der Waals surface area (Å²) in [4.78, 5) is 3.73. The van der Waals surface area contributed by atoms with Crippen LogP contribution >= 0.6 is 15.9 Å². The van der Waals surface area contributed by atoms with Crippen molar-refractivity contribution in [3.8, 4) is 5.69 Å². The summed E-state index contributed by atoms with van der Waals surface area (Å²) >= 11 is 2.89. The first kappa shape index (κ1) is 10.1. The number of nitrogens with zero attached hydrogens (tertiary/aromatic N) is 2. The third-order valence-corrected chi connectivity index (χ3v) is 2.53. The molecule has 0 fully saturated rings. The molecule has 0 saturated carbocycles. The van der Waals surface area contributed by atoms with Crippen LogP contribution in [-0.2, 0) is 0 Å². The van der Waals surface area contributed by atoms with Crippen molar-refractivity contribution in [3.05, 3.63) is 40.6 Å². The molecule has 2 aromatic rings. The fourth-order valence-corrected chi connectivity index (χ4v) is 1.53. The van der Waals surface area contributed by atoms with Crippen LogP contribution in [0.1, 0.15) is 0 Å². The van der Waals surface area contributed by atoms with Gasteiger partial charge in [-0.05, 0) is 22.0 Å². The highest BCUT2D eigenvalue weighted by molar-refractivity contribution is 9.10. The lowest BCUT2D eigenvalue weighted by Crippen LogP contribution is -2.02. The van der Waals surface area contributed by atoms with Gasteiger partial charge in [0.1, 0.15) is 11.6 Å². The van der Waals surface area contributed by atoms with Gasteiger partial charge in [0.15, 0.2) is 0 Å². The predicted molar refractivity (Wildman–Crippen MR) is 55.6 cm³/mol. The van der Waals surface area contributed by atoms with Gasteiger partial charge in [-0.15, -0.1) is 0 Å². The van der Waals surface area contributed by atoms with Crippen LogP contribution < -0.4 is 5.73 Å². The maximum Gasteiger partial charge on any atom is 0.204 e. The van der Waals surface area contributed by atoms with E-state index in [1.165, 1.54) is 17.0 Å². The van der Waals surface area contributed by atoms with Gasteiger partial charge in [0.05, 0.1) is 10.2 Å². The summed E-state index contributed by atoms with van der Waals surface area (Å²) in [6, 6.07) is 2.10. The van der Waals surface area contributed by atoms with Crippen LogP contribution in [0.3, 0.4) is 0 Å². The maximum atomic E-state index is 13.5. The molecule has 1 aromatic heterocycles. The quantitative estimate of drug-likeness (QED) is 0.812. The third-order valence-electron chi connectivity index (χ3n) is 1.92. The zero-order valence-corrected chi connectivity index (χ0v) is 9.00. The van der Waals surface area contributed by atoms with Crippen LogP contribution in [0.5, 0.6) is 0 Å². The number of imidazole rings is 1. The first-order valence-corrected chi connectivity index (χ1v) is 4.82. The van der Waals surface area contributed by atoms with E-state index < -0.39 is 11.6 Å². The van der Waals surface area contributed by atoms with E-state index in [1.54, 1.807) is 0 Å². The number of hydrogen-bond acceptors (Lipinski definition) is 2. The van der Waals surface area contributed by atoms with Crippen molar-refractivity contribution in [2.24, 2.45) is 0 Å². The summed E-state index contributed by atoms with van der Waals surface area (Å²) < 4.78 is 28.0. The third kappa shape index (κ3) is 1.72. The van der Waals surface area contributed by atoms with Crippen molar-refractivity contribution in [1.82, 2.24) is 9.55 Å². The largest absolute Gasteiger partial charge is 0.369 e. The van der Waals surface area contributed by atoms with Gasteiger partial charge in [0.25, 0.3) is 0 Å². The molecule has 0 aliphatic carbocycles. The molecule has 1 aromatic carbocycles. The van der Waals surface area contributed by atoms with Gasteiger partial charge in [0.2, 0.25) is 5.95 Å². The Balaban J connectivity index is 2.64. The predicted octanol–water partition coefficient (Wildman–Crippen LogP) is 2.50. The van der Waals surface area contributed by atoms with E-state index >= 15 is 0 Å². The zero-order valence-electron chi connectivity index (χ0n) is 7.42. The molecule has 0 aliphatic rings. The van der Waals surface area contributed by atoms with Crippen LogP contribution in [0.2, 0.25) is 0 Å². The average molecular weight is 274 g/mol. The number of anilines is 1. The lowest BCUT2D eigenvalue weighted by Gasteiger charge is -2.06. The summed E-state index contributed by atoms with van der Waals surface area (Å²) in [5.41, 5.74) is 5.51. The molecule has 0 spiro atoms. The maximum absolute atomic E-state index is 13.5. The Hall–Kier alpha value is -1.43. The lowest BCUT2D eigenvalue weighted by molar-refractivity contribution is 0.588. The number of benzene rings is 1. The average Bonchev–Trinajstić information content (AvgIpc) is 2.58. The fourth-order valence-electron chi connectivity index (χ4n) is 1.22. The van der Waals surface area contributed by atoms with E-state index in [4.69, 9.17) is 5.73 Å². The molecule has 78 valence electrons. The number of rotatable bonds is 1. The van der Waals surface area contributed by atoms with E-state index in [1.807, 2.05) is 0 Å². The minimum atomic E-state index is -0.576. The Kier molecular flexibility index (Phi) is 2.44. The van der Waals surface area contributed by atoms with Crippen LogP contribution in [0.15, 0.2) is 29.0 Å². The smallest absolute Gasteiger partial charge is 0.204 e. The highest BCUT2D eigenvalue weighted by Crippen LogP contribution is 2.23. The molecule has 15 heavy (non-hydrogen) atoms. The van der Waals surface area contributed by atoms with Crippen molar-refractivity contribution < 1.29 is 8.78 Å². The Morgan fingerprint density at radius 1 is 1.27 bits per heavy atom. The van der Waals surface area contributed by atoms with E-state index in [2.05, 4.69) is 20.9 Å². The number of hydrogen-bond donors (Lipinski definition) is 1. The van der Waals surface area contributed by atoms with Crippen molar-refractivity contribution in [2.75, 3.05) is 5.73 Å². The molecule has 3 nitrogen and oxygen atoms in total. The number of nitrogen functional groups attached to an aromatic ring is 1. The van der Waals surface area contributed by atoms with Gasteiger partial charge in [-0.2, -0.15) is 0 Å². The second-order valence-electron chi connectivity index (χ2n) is 2.87. The van der Waals surface area contributed by atoms with Gasteiger partial charge in [-0.3, -0.25) is 4.57 Å². The first-order valence-electron chi connectivity index (χ1n) is 4.03. The monoisotopic (exact) mass is 273 g/mol. The highest BCUT2D eigenvalue weighted by atomic mass is 79.9. The van der Waals surface area contributed by atoms with E-state index in [0.29, 0.717) is 0 Å². The molecule has 0 atom stereocenters. The molecule has 6 heteroatoms. The van der Waals surface area contributed by atoms with Gasteiger partial charge < -0.3 is 5.73 Å². The summed E-state index contributed by atoms with van der Waals surface area (Å²) in [5.74, 6) is -1.02. The topological polar surface area (TPSA) is 43.8 Å². The first-order chi connectivity index (χ1) is 7.09. The molecule has 2 rings (SSSR count). The molecular weight excluding hydrogens is 268 g/mol. The minimum Gasteiger partial charge on any atom is -0.369 e.